The molecule has 6 aromatic rings. The van der Waals surface area contributed by atoms with Crippen LogP contribution in [-0.2, 0) is 37.9 Å². The van der Waals surface area contributed by atoms with E-state index in [2.05, 4.69) is 0 Å². The highest BCUT2D eigenvalue weighted by Gasteiger charge is 2.60. The lowest BCUT2D eigenvalue weighted by molar-refractivity contribution is -0.761. The fourth-order valence-electron chi connectivity index (χ4n) is 9.67. The number of nitrogen functional groups attached to an aromatic ring is 3. The summed E-state index contributed by atoms with van der Waals surface area (Å²) < 4.78 is 53.8. The Labute approximate surface area is 449 Å². The Bertz CT molecular complexity index is 3080. The molecule has 0 radical (unpaired) electrons. The molecule has 3 aromatic carbocycles. The van der Waals surface area contributed by atoms with Crippen LogP contribution in [0.25, 0.3) is 0 Å². The van der Waals surface area contributed by atoms with Crippen LogP contribution in [0.3, 0.4) is 0 Å². The van der Waals surface area contributed by atoms with Crippen molar-refractivity contribution in [2.24, 2.45) is 0 Å². The molecule has 79 heavy (non-hydrogen) atoms. The zero-order chi connectivity index (χ0) is 56.1. The molecule has 3 aromatic heterocycles. The van der Waals surface area contributed by atoms with Crippen molar-refractivity contribution in [1.82, 2.24) is 0 Å². The zero-order valence-corrected chi connectivity index (χ0v) is 41.8. The van der Waals surface area contributed by atoms with Gasteiger partial charge in [0.1, 0.15) is 109 Å². The number of hydrogen-bond acceptors (Lipinski definition) is 22. The van der Waals surface area contributed by atoms with Crippen molar-refractivity contribution >= 4 is 35.0 Å². The van der Waals surface area contributed by atoms with Crippen LogP contribution in [0.15, 0.2) is 146 Å². The molecule has 25 heteroatoms. The first-order valence-corrected chi connectivity index (χ1v) is 24.8. The molecule has 416 valence electrons. The van der Waals surface area contributed by atoms with Gasteiger partial charge < -0.3 is 95.9 Å². The Hall–Kier alpha value is -8.08. The van der Waals surface area contributed by atoms with E-state index in [1.807, 2.05) is 0 Å². The maximum atomic E-state index is 13.8. The van der Waals surface area contributed by atoms with Crippen molar-refractivity contribution in [2.75, 3.05) is 37.0 Å². The van der Waals surface area contributed by atoms with Gasteiger partial charge in [-0.3, -0.25) is 0 Å². The number of esters is 3. The van der Waals surface area contributed by atoms with Crippen molar-refractivity contribution in [3.05, 3.63) is 163 Å². The fourth-order valence-corrected chi connectivity index (χ4v) is 9.67. The molecule has 0 spiro atoms. The molecule has 3 aliphatic heterocycles. The number of pyridine rings is 3. The first kappa shape index (κ1) is 55.7. The number of aliphatic hydroxyl groups is 5. The van der Waals surface area contributed by atoms with E-state index in [-0.39, 0.29) is 33.8 Å². The quantitative estimate of drug-likeness (QED) is 0.0189. The summed E-state index contributed by atoms with van der Waals surface area (Å²) in [5, 5.41) is 91.9. The van der Waals surface area contributed by atoms with E-state index in [9.17, 15) is 55.2 Å². The van der Waals surface area contributed by atoms with E-state index < -0.39 is 147 Å². The van der Waals surface area contributed by atoms with Crippen LogP contribution in [0.1, 0.15) is 49.2 Å². The first-order chi connectivity index (χ1) is 38.0. The van der Waals surface area contributed by atoms with Gasteiger partial charge in [-0.15, -0.1) is 0 Å². The van der Waals surface area contributed by atoms with E-state index in [1.165, 1.54) is 68.3 Å². The Morgan fingerprint density at radius 1 is 0.430 bits per heavy atom. The predicted molar refractivity (Wildman–Crippen MR) is 267 cm³/mol. The average molecular weight is 1100 g/mol. The topological polar surface area (TPSA) is 377 Å². The fraction of sp³-hybridized carbons (Fsp3) is 0.333. The number of benzene rings is 3. The smallest absolute Gasteiger partial charge is 0.342 e. The van der Waals surface area contributed by atoms with Gasteiger partial charge in [-0.05, 0) is 54.6 Å². The van der Waals surface area contributed by atoms with Crippen molar-refractivity contribution in [3.8, 4) is 17.2 Å². The standard InChI is InChI=1S/C54H56N6O19/c55-28-10-13-34(61)31(22-28)49(68)72-25-37-43(64)44(65)41(59-18-6-2-7-19-59)53(76-37)79-48-39(27-74-51(70)33-24-30(57)12-15-36(33)63)77-54(42(46(48)67)60-20-8-3-9-21-60)78-47-38(26-73-50(69)32-23-29(56)11-14-35(32)62)75-52(71)40(45(47)66)58-16-4-1-5-17-58/h1-24,37-48,52-54,64-67,71H,25-27,55-57H2/p+3/t37?,38?,39?,40?,41?,42?,43-,44+,45+,46+,47-,48-,52-,53+,54+/m1/s1. The van der Waals surface area contributed by atoms with E-state index in [4.69, 9.17) is 55.1 Å². The molecule has 6 heterocycles. The monoisotopic (exact) mass is 1100 g/mol. The second-order valence-corrected chi connectivity index (χ2v) is 18.9. The van der Waals surface area contributed by atoms with Crippen LogP contribution < -0.4 is 30.9 Å². The lowest BCUT2D eigenvalue weighted by Crippen LogP contribution is -2.70. The molecule has 0 amide bonds. The number of anilines is 3. The minimum atomic E-state index is -1.83. The van der Waals surface area contributed by atoms with E-state index in [0.29, 0.717) is 0 Å². The van der Waals surface area contributed by atoms with Crippen LogP contribution in [0, 0.1) is 0 Å². The summed E-state index contributed by atoms with van der Waals surface area (Å²) in [6, 6.07) is 22.0. The number of hydrogen-bond donors (Lipinski definition) is 11. The second kappa shape index (κ2) is 24.3. The second-order valence-electron chi connectivity index (χ2n) is 18.9. The van der Waals surface area contributed by atoms with Gasteiger partial charge in [0.2, 0.25) is 37.0 Å². The molecule has 3 fully saturated rings. The lowest BCUT2D eigenvalue weighted by Gasteiger charge is -2.47. The number of phenolic OH excluding ortho intramolecular Hbond substituents is 3. The number of phenols is 3. The Balaban J connectivity index is 1.08. The van der Waals surface area contributed by atoms with Gasteiger partial charge in [-0.1, -0.05) is 18.2 Å². The lowest BCUT2D eigenvalue weighted by atomic mass is 9.93. The molecular weight excluding hydrogens is 1040 g/mol. The number of ether oxygens (including phenoxy) is 8. The summed E-state index contributed by atoms with van der Waals surface area (Å²) >= 11 is 0. The highest BCUT2D eigenvalue weighted by Crippen LogP contribution is 2.38. The predicted octanol–water partition coefficient (Wildman–Crippen LogP) is -0.612. The molecule has 6 unspecified atom stereocenters. The number of nitrogens with two attached hydrogens (primary N) is 3. The summed E-state index contributed by atoms with van der Waals surface area (Å²) in [5.41, 5.74) is 17.1. The summed E-state index contributed by atoms with van der Waals surface area (Å²) in [6.07, 6.45) is -10.9. The molecule has 0 bridgehead atoms. The van der Waals surface area contributed by atoms with Gasteiger partial charge in [0.15, 0.2) is 37.2 Å². The first-order valence-electron chi connectivity index (χ1n) is 24.8. The van der Waals surface area contributed by atoms with E-state index in [1.54, 1.807) is 91.8 Å². The number of aromatic hydroxyl groups is 3. The van der Waals surface area contributed by atoms with E-state index in [0.717, 1.165) is 0 Å². The molecule has 0 aliphatic carbocycles. The van der Waals surface area contributed by atoms with Crippen molar-refractivity contribution in [1.29, 1.82) is 0 Å². The molecule has 25 nitrogen and oxygen atoms in total. The van der Waals surface area contributed by atoms with Gasteiger partial charge in [-0.25, -0.2) is 14.4 Å². The minimum Gasteiger partial charge on any atom is -0.507 e. The summed E-state index contributed by atoms with van der Waals surface area (Å²) in [6.45, 7) is -2.22. The number of carbonyl (C=O) groups is 3. The Morgan fingerprint density at radius 3 is 1.16 bits per heavy atom. The maximum Gasteiger partial charge on any atom is 0.342 e. The Morgan fingerprint density at radius 2 is 0.759 bits per heavy atom. The van der Waals surface area contributed by atoms with Crippen LogP contribution in [-0.4, -0.2) is 152 Å². The highest BCUT2D eigenvalue weighted by molar-refractivity contribution is 5.94. The number of aromatic nitrogens is 3. The third-order valence-corrected chi connectivity index (χ3v) is 13.7. The third-order valence-electron chi connectivity index (χ3n) is 13.7. The summed E-state index contributed by atoms with van der Waals surface area (Å²) in [7, 11) is 0. The molecular formula is C54H59N6O19+3. The van der Waals surface area contributed by atoms with Crippen LogP contribution in [0.2, 0.25) is 0 Å². The molecule has 0 saturated carbocycles. The normalized spacial score (nSPS) is 28.7. The number of carbonyl (C=O) groups excluding carboxylic acids is 3. The van der Waals surface area contributed by atoms with Crippen LogP contribution >= 0.6 is 0 Å². The van der Waals surface area contributed by atoms with Gasteiger partial charge in [0.25, 0.3) is 0 Å². The van der Waals surface area contributed by atoms with Crippen molar-refractivity contribution in [2.45, 2.75) is 91.9 Å². The van der Waals surface area contributed by atoms with Gasteiger partial charge in [-0.2, -0.15) is 13.7 Å². The average Bonchev–Trinajstić information content (AvgIpc) is 3.61. The van der Waals surface area contributed by atoms with Gasteiger partial charge >= 0.3 is 17.9 Å². The number of aliphatic hydroxyl groups excluding tert-OH is 5. The SMILES string of the molecule is Nc1ccc(O)c(C(=O)OCC2O[C@@H](O[C@@H]3C(COC(=O)c4cc(N)ccc4O)O[C@@H](O[C@@H]4C(COC(=O)c5cc(N)ccc5O)O[C@@H](O)C([n+]5ccccc5)[C@@H]4O)C([n+]4ccccc4)[C@@H]3O)C([n+]3ccccc3)[C@H](O)[C@@H]2O)c1. The summed E-state index contributed by atoms with van der Waals surface area (Å²) in [5.74, 6) is -4.59. The zero-order valence-electron chi connectivity index (χ0n) is 41.8. The van der Waals surface area contributed by atoms with E-state index >= 15 is 0 Å². The number of nitrogens with zero attached hydrogens (tertiary/aromatic N) is 3. The van der Waals surface area contributed by atoms with Crippen molar-refractivity contribution < 1.29 is 107 Å². The molecule has 14 N–H and O–H groups in total. The molecule has 9 rings (SSSR count). The molecule has 3 saturated heterocycles. The molecule has 15 atom stereocenters. The minimum absolute atomic E-state index is 0.103. The third kappa shape index (κ3) is 12.3. The van der Waals surface area contributed by atoms with Gasteiger partial charge in [0.05, 0.1) is 0 Å². The highest BCUT2D eigenvalue weighted by atomic mass is 16.7. The van der Waals surface area contributed by atoms with Crippen LogP contribution in [0.5, 0.6) is 17.2 Å². The Kier molecular flexibility index (Phi) is 17.1. The number of rotatable bonds is 16. The van der Waals surface area contributed by atoms with Crippen molar-refractivity contribution in [3.63, 3.8) is 0 Å². The van der Waals surface area contributed by atoms with Crippen LogP contribution in [0.4, 0.5) is 17.1 Å². The molecule has 3 aliphatic rings. The summed E-state index contributed by atoms with van der Waals surface area (Å²) in [4.78, 5) is 40.5. The maximum absolute atomic E-state index is 13.8. The largest absolute Gasteiger partial charge is 0.507 e. The van der Waals surface area contributed by atoms with Gasteiger partial charge in [0, 0.05) is 53.5 Å².